The fraction of sp³-hybridized carbons (Fsp3) is 0.833. The molecule has 106 valence electrons. The summed E-state index contributed by atoms with van der Waals surface area (Å²) in [6.07, 6.45) is -0.817. The number of carbonyl (C=O) groups excluding carboxylic acids is 2. The number of alkyl carbamates (subject to hydrolysis) is 1. The van der Waals surface area contributed by atoms with Crippen molar-refractivity contribution in [2.24, 2.45) is 0 Å². The Hall–Kier alpha value is -1.30. The van der Waals surface area contributed by atoms with Crippen LogP contribution in [-0.2, 0) is 14.3 Å². The van der Waals surface area contributed by atoms with Crippen LogP contribution in [0.25, 0.3) is 0 Å². The van der Waals surface area contributed by atoms with Crippen LogP contribution in [0.3, 0.4) is 0 Å². The molecule has 1 unspecified atom stereocenters. The Labute approximate surface area is 108 Å². The second kappa shape index (κ2) is 6.58. The molecule has 2 N–H and O–H groups in total. The Morgan fingerprint density at radius 3 is 2.22 bits per heavy atom. The third-order valence-corrected chi connectivity index (χ3v) is 1.84. The Bertz CT molecular complexity index is 293. The van der Waals surface area contributed by atoms with Crippen molar-refractivity contribution in [3.63, 3.8) is 0 Å². The molecular weight excluding hydrogens is 238 g/mol. The summed E-state index contributed by atoms with van der Waals surface area (Å²) in [5.74, 6) is -0.506. The predicted octanol–water partition coefficient (Wildman–Crippen LogP) is 1.22. The lowest BCUT2D eigenvalue weighted by molar-refractivity contribution is -0.147. The minimum Gasteiger partial charge on any atom is -0.466 e. The maximum atomic E-state index is 11.4. The van der Waals surface area contributed by atoms with Gasteiger partial charge in [-0.25, -0.2) is 4.79 Å². The van der Waals surface area contributed by atoms with Crippen molar-refractivity contribution in [2.45, 2.75) is 52.2 Å². The zero-order chi connectivity index (χ0) is 14.4. The fourth-order valence-corrected chi connectivity index (χ4v) is 1.16. The first-order valence-corrected chi connectivity index (χ1v) is 5.90. The van der Waals surface area contributed by atoms with Crippen LogP contribution in [0.5, 0.6) is 0 Å². The van der Waals surface area contributed by atoms with Crippen molar-refractivity contribution in [1.29, 1.82) is 0 Å². The molecule has 6 heteroatoms. The van der Waals surface area contributed by atoms with Gasteiger partial charge >= 0.3 is 12.1 Å². The summed E-state index contributed by atoms with van der Waals surface area (Å²) in [5, 5.41) is 12.3. The van der Waals surface area contributed by atoms with E-state index in [-0.39, 0.29) is 19.6 Å². The van der Waals surface area contributed by atoms with Gasteiger partial charge in [-0.3, -0.25) is 4.79 Å². The van der Waals surface area contributed by atoms with Gasteiger partial charge in [0.15, 0.2) is 0 Å². The molecule has 0 bridgehead atoms. The smallest absolute Gasteiger partial charge is 0.407 e. The molecule has 0 heterocycles. The molecule has 1 amide bonds. The third kappa shape index (κ3) is 8.81. The molecule has 0 saturated carbocycles. The highest BCUT2D eigenvalue weighted by atomic mass is 16.6. The molecule has 6 nitrogen and oxygen atoms in total. The first kappa shape index (κ1) is 16.7. The number of amides is 1. The van der Waals surface area contributed by atoms with E-state index in [1.165, 1.54) is 6.92 Å². The van der Waals surface area contributed by atoms with Crippen LogP contribution >= 0.6 is 0 Å². The Morgan fingerprint density at radius 2 is 1.78 bits per heavy atom. The molecule has 0 spiro atoms. The minimum absolute atomic E-state index is 0.0826. The molecule has 0 fully saturated rings. The molecule has 18 heavy (non-hydrogen) atoms. The van der Waals surface area contributed by atoms with E-state index in [0.29, 0.717) is 0 Å². The quantitative estimate of drug-likeness (QED) is 0.727. The lowest BCUT2D eigenvalue weighted by Gasteiger charge is -2.24. The second-order valence-corrected chi connectivity index (χ2v) is 5.33. The van der Waals surface area contributed by atoms with Gasteiger partial charge in [0.05, 0.1) is 18.6 Å². The summed E-state index contributed by atoms with van der Waals surface area (Å²) >= 11 is 0. The van der Waals surface area contributed by atoms with Crippen LogP contribution in [0.2, 0.25) is 0 Å². The summed E-state index contributed by atoms with van der Waals surface area (Å²) in [4.78, 5) is 22.6. The zero-order valence-electron chi connectivity index (χ0n) is 11.7. The summed E-state index contributed by atoms with van der Waals surface area (Å²) in [7, 11) is 0. The van der Waals surface area contributed by atoms with Crippen LogP contribution < -0.4 is 5.32 Å². The maximum absolute atomic E-state index is 11.4. The van der Waals surface area contributed by atoms with E-state index in [4.69, 9.17) is 9.47 Å². The highest BCUT2D eigenvalue weighted by Crippen LogP contribution is 2.10. The fourth-order valence-electron chi connectivity index (χ4n) is 1.16. The summed E-state index contributed by atoms with van der Waals surface area (Å²) in [6, 6.07) is 0. The summed E-state index contributed by atoms with van der Waals surface area (Å²) in [6.45, 7) is 8.53. The van der Waals surface area contributed by atoms with Gasteiger partial charge < -0.3 is 19.9 Å². The van der Waals surface area contributed by atoms with Crippen molar-refractivity contribution in [2.75, 3.05) is 13.2 Å². The van der Waals surface area contributed by atoms with Gasteiger partial charge in [0.25, 0.3) is 0 Å². The number of rotatable bonds is 5. The van der Waals surface area contributed by atoms with Crippen LogP contribution in [0.15, 0.2) is 0 Å². The van der Waals surface area contributed by atoms with E-state index in [2.05, 4.69) is 5.32 Å². The van der Waals surface area contributed by atoms with E-state index in [1.54, 1.807) is 27.7 Å². The van der Waals surface area contributed by atoms with Crippen molar-refractivity contribution < 1.29 is 24.2 Å². The standard InChI is InChI=1S/C12H23NO5/c1-6-17-9(14)7-12(5,16)8-13-10(15)18-11(2,3)4/h16H,6-8H2,1-5H3,(H,13,15). The molecule has 0 aromatic rings. The van der Waals surface area contributed by atoms with E-state index < -0.39 is 23.3 Å². The third-order valence-electron chi connectivity index (χ3n) is 1.84. The first-order chi connectivity index (χ1) is 8.06. The van der Waals surface area contributed by atoms with Gasteiger partial charge in [0, 0.05) is 6.54 Å². The van der Waals surface area contributed by atoms with Gasteiger partial charge in [-0.15, -0.1) is 0 Å². The maximum Gasteiger partial charge on any atom is 0.407 e. The number of ether oxygens (including phenoxy) is 2. The average Bonchev–Trinajstić information content (AvgIpc) is 2.11. The predicted molar refractivity (Wildman–Crippen MR) is 66.1 cm³/mol. The van der Waals surface area contributed by atoms with E-state index >= 15 is 0 Å². The van der Waals surface area contributed by atoms with Gasteiger partial charge in [-0.2, -0.15) is 0 Å². The Balaban J connectivity index is 4.10. The van der Waals surface area contributed by atoms with E-state index in [9.17, 15) is 14.7 Å². The van der Waals surface area contributed by atoms with Crippen molar-refractivity contribution >= 4 is 12.1 Å². The number of nitrogens with one attached hydrogen (secondary N) is 1. The largest absolute Gasteiger partial charge is 0.466 e. The van der Waals surface area contributed by atoms with E-state index in [0.717, 1.165) is 0 Å². The van der Waals surface area contributed by atoms with Crippen LogP contribution in [-0.4, -0.2) is 41.5 Å². The van der Waals surface area contributed by atoms with Gasteiger partial charge in [-0.05, 0) is 34.6 Å². The van der Waals surface area contributed by atoms with Gasteiger partial charge in [0.1, 0.15) is 5.60 Å². The molecule has 0 aromatic carbocycles. The highest BCUT2D eigenvalue weighted by molar-refractivity contribution is 5.71. The van der Waals surface area contributed by atoms with Crippen molar-refractivity contribution in [3.8, 4) is 0 Å². The number of carbonyl (C=O) groups is 2. The minimum atomic E-state index is -1.36. The van der Waals surface area contributed by atoms with Gasteiger partial charge in [-0.1, -0.05) is 0 Å². The Morgan fingerprint density at radius 1 is 1.22 bits per heavy atom. The molecule has 1 atom stereocenters. The van der Waals surface area contributed by atoms with E-state index in [1.807, 2.05) is 0 Å². The molecule has 0 radical (unpaired) electrons. The molecule has 0 aliphatic rings. The normalized spacial score (nSPS) is 14.6. The number of hydrogen-bond acceptors (Lipinski definition) is 5. The van der Waals surface area contributed by atoms with Crippen LogP contribution in [0.4, 0.5) is 4.79 Å². The number of esters is 1. The lowest BCUT2D eigenvalue weighted by atomic mass is 10.0. The van der Waals surface area contributed by atoms with Crippen molar-refractivity contribution in [1.82, 2.24) is 5.32 Å². The Kier molecular flexibility index (Phi) is 6.11. The number of hydrogen-bond donors (Lipinski definition) is 2. The molecule has 0 aliphatic heterocycles. The first-order valence-electron chi connectivity index (χ1n) is 5.90. The van der Waals surface area contributed by atoms with Crippen LogP contribution in [0.1, 0.15) is 41.0 Å². The average molecular weight is 261 g/mol. The highest BCUT2D eigenvalue weighted by Gasteiger charge is 2.27. The second-order valence-electron chi connectivity index (χ2n) is 5.33. The SMILES string of the molecule is CCOC(=O)CC(C)(O)CNC(=O)OC(C)(C)C. The summed E-state index contributed by atoms with van der Waals surface area (Å²) in [5.41, 5.74) is -1.96. The summed E-state index contributed by atoms with van der Waals surface area (Å²) < 4.78 is 9.73. The van der Waals surface area contributed by atoms with Gasteiger partial charge in [0.2, 0.25) is 0 Å². The molecule has 0 rings (SSSR count). The van der Waals surface area contributed by atoms with Crippen molar-refractivity contribution in [3.05, 3.63) is 0 Å². The zero-order valence-corrected chi connectivity index (χ0v) is 11.7. The molecule has 0 saturated heterocycles. The van der Waals surface area contributed by atoms with Crippen LogP contribution in [0, 0.1) is 0 Å². The molecule has 0 aliphatic carbocycles. The molecular formula is C12H23NO5. The number of aliphatic hydroxyl groups is 1. The topological polar surface area (TPSA) is 84.9 Å². The monoisotopic (exact) mass is 261 g/mol. The molecule has 0 aromatic heterocycles. The lowest BCUT2D eigenvalue weighted by Crippen LogP contribution is -2.44.